The average molecular weight is 273 g/mol. The van der Waals surface area contributed by atoms with Gasteiger partial charge >= 0.3 is 0 Å². The van der Waals surface area contributed by atoms with Gasteiger partial charge < -0.3 is 20.1 Å². The Labute approximate surface area is 115 Å². The number of piperidine rings is 1. The van der Waals surface area contributed by atoms with E-state index in [-0.39, 0.29) is 0 Å². The molecule has 0 bridgehead atoms. The van der Waals surface area contributed by atoms with Crippen molar-refractivity contribution in [3.8, 4) is 0 Å². The van der Waals surface area contributed by atoms with Crippen LogP contribution in [0, 0.1) is 11.8 Å². The zero-order valence-electron chi connectivity index (χ0n) is 11.7. The maximum absolute atomic E-state index is 9.69. The first-order chi connectivity index (χ1) is 9.10. The van der Waals surface area contributed by atoms with Gasteiger partial charge in [0, 0.05) is 33.4 Å². The van der Waals surface area contributed by atoms with Crippen molar-refractivity contribution in [2.45, 2.75) is 44.0 Å². The molecule has 1 unspecified atom stereocenters. The number of aliphatic hydroxyl groups excluding tert-OH is 3. The second-order valence-corrected chi connectivity index (χ2v) is 6.19. The van der Waals surface area contributed by atoms with Gasteiger partial charge in [-0.05, 0) is 37.5 Å². The van der Waals surface area contributed by atoms with E-state index >= 15 is 0 Å². The van der Waals surface area contributed by atoms with Gasteiger partial charge in [-0.3, -0.25) is 4.90 Å². The molecule has 1 aliphatic heterocycles. The molecule has 5 nitrogen and oxygen atoms in total. The van der Waals surface area contributed by atoms with Gasteiger partial charge in [0.2, 0.25) is 0 Å². The molecule has 2 aliphatic rings. The maximum atomic E-state index is 9.69. The number of rotatable bonds is 4. The van der Waals surface area contributed by atoms with E-state index in [9.17, 15) is 15.3 Å². The number of methoxy groups -OCH3 is 1. The molecule has 112 valence electrons. The molecule has 0 aromatic rings. The highest BCUT2D eigenvalue weighted by molar-refractivity contribution is 4.87. The third kappa shape index (κ3) is 4.13. The Morgan fingerprint density at radius 1 is 0.947 bits per heavy atom. The van der Waals surface area contributed by atoms with Crippen LogP contribution >= 0.6 is 0 Å². The molecule has 0 aromatic carbocycles. The summed E-state index contributed by atoms with van der Waals surface area (Å²) in [7, 11) is 1.76. The highest BCUT2D eigenvalue weighted by atomic mass is 16.5. The summed E-state index contributed by atoms with van der Waals surface area (Å²) in [5.41, 5.74) is 0. The maximum Gasteiger partial charge on any atom is 0.108 e. The molecule has 19 heavy (non-hydrogen) atoms. The van der Waals surface area contributed by atoms with Gasteiger partial charge in [0.15, 0.2) is 0 Å². The van der Waals surface area contributed by atoms with E-state index in [1.54, 1.807) is 7.11 Å². The van der Waals surface area contributed by atoms with Crippen LogP contribution < -0.4 is 0 Å². The topological polar surface area (TPSA) is 73.2 Å². The van der Waals surface area contributed by atoms with Crippen molar-refractivity contribution in [1.29, 1.82) is 0 Å². The van der Waals surface area contributed by atoms with Crippen LogP contribution in [0.1, 0.15) is 25.7 Å². The van der Waals surface area contributed by atoms with Crippen molar-refractivity contribution in [1.82, 2.24) is 4.90 Å². The number of hydrogen-bond donors (Lipinski definition) is 3. The number of likely N-dealkylation sites (tertiary alicyclic amines) is 1. The lowest BCUT2D eigenvalue weighted by atomic mass is 9.82. The molecular formula is C14H27NO4. The molecule has 1 saturated heterocycles. The van der Waals surface area contributed by atoms with Gasteiger partial charge in [-0.2, -0.15) is 0 Å². The lowest BCUT2D eigenvalue weighted by Crippen LogP contribution is -2.56. The quantitative estimate of drug-likeness (QED) is 0.664. The van der Waals surface area contributed by atoms with Crippen LogP contribution in [-0.4, -0.2) is 71.9 Å². The van der Waals surface area contributed by atoms with Crippen LogP contribution in [0.4, 0.5) is 0 Å². The summed E-state index contributed by atoms with van der Waals surface area (Å²) >= 11 is 0. The number of nitrogens with zero attached hydrogens (tertiary/aromatic N) is 1. The van der Waals surface area contributed by atoms with Crippen LogP contribution in [0.5, 0.6) is 0 Å². The van der Waals surface area contributed by atoms with Crippen LogP contribution in [0.25, 0.3) is 0 Å². The van der Waals surface area contributed by atoms with E-state index in [0.29, 0.717) is 24.9 Å². The predicted octanol–water partition coefficient (Wildman–Crippen LogP) is -0.162. The largest absolute Gasteiger partial charge is 0.389 e. The Morgan fingerprint density at radius 3 is 2.00 bits per heavy atom. The second-order valence-electron chi connectivity index (χ2n) is 6.19. The van der Waals surface area contributed by atoms with Crippen molar-refractivity contribution in [3.05, 3.63) is 0 Å². The van der Waals surface area contributed by atoms with Crippen molar-refractivity contribution in [2.24, 2.45) is 11.8 Å². The molecule has 3 N–H and O–H groups in total. The Bertz CT molecular complexity index is 256. The van der Waals surface area contributed by atoms with E-state index in [1.807, 2.05) is 0 Å². The third-order valence-electron chi connectivity index (χ3n) is 4.56. The summed E-state index contributed by atoms with van der Waals surface area (Å²) in [6, 6.07) is 0. The average Bonchev–Trinajstić information content (AvgIpc) is 2.38. The summed E-state index contributed by atoms with van der Waals surface area (Å²) in [6.45, 7) is 2.72. The summed E-state index contributed by atoms with van der Waals surface area (Å²) in [5.74, 6) is 1.34. The lowest BCUT2D eigenvalue weighted by molar-refractivity contribution is -0.112. The summed E-state index contributed by atoms with van der Waals surface area (Å²) in [4.78, 5) is 2.09. The lowest BCUT2D eigenvalue weighted by Gasteiger charge is -2.39. The number of β-amino-alcohol motifs (C(OH)–C–C–N with tert-alkyl or cyclic N) is 2. The standard InChI is InChI=1S/C14H27NO4/c1-19-9-11-4-2-10(3-5-11)6-15-7-12(16)14(18)13(17)8-15/h10-14,16-18H,2-9H2,1H3/t10?,11?,12-,13+,14?. The molecule has 2 fully saturated rings. The van der Waals surface area contributed by atoms with Crippen LogP contribution in [0.2, 0.25) is 0 Å². The van der Waals surface area contributed by atoms with Gasteiger partial charge in [-0.1, -0.05) is 0 Å². The minimum atomic E-state index is -0.992. The van der Waals surface area contributed by atoms with Crippen LogP contribution in [0.3, 0.4) is 0 Å². The van der Waals surface area contributed by atoms with Gasteiger partial charge in [-0.15, -0.1) is 0 Å². The van der Waals surface area contributed by atoms with Gasteiger partial charge in [0.05, 0.1) is 12.2 Å². The number of aliphatic hydroxyl groups is 3. The van der Waals surface area contributed by atoms with Crippen molar-refractivity contribution in [3.63, 3.8) is 0 Å². The van der Waals surface area contributed by atoms with Crippen LogP contribution in [0.15, 0.2) is 0 Å². The van der Waals surface area contributed by atoms with Gasteiger partial charge in [-0.25, -0.2) is 0 Å². The normalized spacial score (nSPS) is 41.4. The first-order valence-electron chi connectivity index (χ1n) is 7.35. The van der Waals surface area contributed by atoms with Crippen molar-refractivity contribution in [2.75, 3.05) is 33.4 Å². The Morgan fingerprint density at radius 2 is 1.47 bits per heavy atom. The summed E-state index contributed by atoms with van der Waals surface area (Å²) < 4.78 is 5.20. The fourth-order valence-corrected chi connectivity index (χ4v) is 3.41. The van der Waals surface area contributed by atoms with Crippen molar-refractivity contribution >= 4 is 0 Å². The first-order valence-corrected chi connectivity index (χ1v) is 7.35. The molecule has 0 amide bonds. The Kier molecular flexibility index (Phi) is 5.59. The molecule has 3 atom stereocenters. The van der Waals surface area contributed by atoms with E-state index in [2.05, 4.69) is 4.90 Å². The monoisotopic (exact) mass is 273 g/mol. The third-order valence-corrected chi connectivity index (χ3v) is 4.56. The minimum Gasteiger partial charge on any atom is -0.389 e. The van der Waals surface area contributed by atoms with Gasteiger partial charge in [0.1, 0.15) is 6.10 Å². The number of hydrogen-bond acceptors (Lipinski definition) is 5. The molecule has 0 spiro atoms. The van der Waals surface area contributed by atoms with Crippen LogP contribution in [-0.2, 0) is 4.74 Å². The smallest absolute Gasteiger partial charge is 0.108 e. The van der Waals surface area contributed by atoms with Crippen molar-refractivity contribution < 1.29 is 20.1 Å². The zero-order valence-corrected chi connectivity index (χ0v) is 11.7. The highest BCUT2D eigenvalue weighted by Crippen LogP contribution is 2.30. The molecule has 0 radical (unpaired) electrons. The van der Waals surface area contributed by atoms with E-state index < -0.39 is 18.3 Å². The fraction of sp³-hybridized carbons (Fsp3) is 1.00. The molecule has 5 heteroatoms. The minimum absolute atomic E-state index is 0.468. The first kappa shape index (κ1) is 15.2. The fourth-order valence-electron chi connectivity index (χ4n) is 3.41. The predicted molar refractivity (Wildman–Crippen MR) is 71.8 cm³/mol. The molecule has 1 aliphatic carbocycles. The SMILES string of the molecule is COCC1CCC(CN2C[C@@H](O)C(O)[C@@H](O)C2)CC1. The van der Waals surface area contributed by atoms with Gasteiger partial charge in [0.25, 0.3) is 0 Å². The zero-order chi connectivity index (χ0) is 13.8. The highest BCUT2D eigenvalue weighted by Gasteiger charge is 2.34. The van der Waals surface area contributed by atoms with E-state index in [4.69, 9.17) is 4.74 Å². The van der Waals surface area contributed by atoms with E-state index in [1.165, 1.54) is 25.7 Å². The summed E-state index contributed by atoms with van der Waals surface area (Å²) in [6.07, 6.45) is 2.16. The molecular weight excluding hydrogens is 246 g/mol. The molecule has 1 heterocycles. The Balaban J connectivity index is 1.73. The summed E-state index contributed by atoms with van der Waals surface area (Å²) in [5, 5.41) is 28.9. The molecule has 2 rings (SSSR count). The Hall–Kier alpha value is -0.200. The molecule has 1 saturated carbocycles. The second kappa shape index (κ2) is 6.99. The van der Waals surface area contributed by atoms with E-state index in [0.717, 1.165) is 13.2 Å². The number of ether oxygens (including phenoxy) is 1. The molecule has 0 aromatic heterocycles.